The van der Waals surface area contributed by atoms with Crippen LogP contribution in [0.4, 0.5) is 11.4 Å². The molecular weight excluding hydrogens is 148 g/mol. The molecule has 0 spiro atoms. The first-order valence-corrected chi connectivity index (χ1v) is 3.84. The highest BCUT2D eigenvalue weighted by Crippen LogP contribution is 2.27. The summed E-state index contributed by atoms with van der Waals surface area (Å²) in [5.74, 6) is 0. The van der Waals surface area contributed by atoms with Crippen LogP contribution in [-0.4, -0.2) is 12.9 Å². The van der Waals surface area contributed by atoms with Crippen molar-refractivity contribution in [1.82, 2.24) is 0 Å². The second kappa shape index (κ2) is 3.81. The molecule has 0 saturated carbocycles. The van der Waals surface area contributed by atoms with E-state index in [4.69, 9.17) is 0 Å². The molecule has 0 heterocycles. The number of aryl methyl sites for hydroxylation is 1. The van der Waals surface area contributed by atoms with Crippen LogP contribution < -0.4 is 0 Å². The Morgan fingerprint density at radius 1 is 1.33 bits per heavy atom. The molecule has 0 aliphatic heterocycles. The summed E-state index contributed by atoms with van der Waals surface area (Å²) < 4.78 is 0. The number of hydrogen-bond donors (Lipinski definition) is 0. The highest BCUT2D eigenvalue weighted by molar-refractivity contribution is 5.71. The van der Waals surface area contributed by atoms with Crippen LogP contribution in [0.3, 0.4) is 0 Å². The first-order valence-electron chi connectivity index (χ1n) is 3.84. The van der Waals surface area contributed by atoms with Gasteiger partial charge < -0.3 is 0 Å². The van der Waals surface area contributed by atoms with E-state index in [2.05, 4.69) is 16.7 Å². The Morgan fingerprint density at radius 2 is 2.08 bits per heavy atom. The number of aliphatic imine (C=N–C) groups is 2. The van der Waals surface area contributed by atoms with Crippen molar-refractivity contribution < 1.29 is 0 Å². The predicted octanol–water partition coefficient (Wildman–Crippen LogP) is 3.05. The van der Waals surface area contributed by atoms with E-state index in [0.29, 0.717) is 0 Å². The monoisotopic (exact) mass is 160 g/mol. The lowest BCUT2D eigenvalue weighted by atomic mass is 10.2. The van der Waals surface area contributed by atoms with Gasteiger partial charge in [0.2, 0.25) is 0 Å². The maximum absolute atomic E-state index is 4.18. The highest BCUT2D eigenvalue weighted by Gasteiger charge is 1.96. The largest absolute Gasteiger partial charge is 0.262 e. The Labute approximate surface area is 72.7 Å². The summed E-state index contributed by atoms with van der Waals surface area (Å²) in [6, 6.07) is 5.91. The maximum Gasteiger partial charge on any atom is 0.0884 e. The SMILES string of the molecule is C=Nc1ccc(C)cc1N=CC. The van der Waals surface area contributed by atoms with Gasteiger partial charge in [0.1, 0.15) is 0 Å². The molecule has 2 heteroatoms. The van der Waals surface area contributed by atoms with E-state index in [1.807, 2.05) is 32.0 Å². The van der Waals surface area contributed by atoms with E-state index in [-0.39, 0.29) is 0 Å². The van der Waals surface area contributed by atoms with Gasteiger partial charge >= 0.3 is 0 Å². The first-order chi connectivity index (χ1) is 5.77. The molecule has 0 radical (unpaired) electrons. The summed E-state index contributed by atoms with van der Waals surface area (Å²) in [5.41, 5.74) is 2.90. The average Bonchev–Trinajstić information content (AvgIpc) is 2.05. The van der Waals surface area contributed by atoms with Crippen molar-refractivity contribution in [2.24, 2.45) is 9.98 Å². The second-order valence-electron chi connectivity index (χ2n) is 2.54. The topological polar surface area (TPSA) is 24.7 Å². The number of nitrogens with zero attached hydrogens (tertiary/aromatic N) is 2. The van der Waals surface area contributed by atoms with Gasteiger partial charge in [-0.3, -0.25) is 9.98 Å². The fourth-order valence-corrected chi connectivity index (χ4v) is 1.01. The molecule has 0 atom stereocenters. The van der Waals surface area contributed by atoms with Gasteiger partial charge in [-0.2, -0.15) is 0 Å². The molecular formula is C10H12N2. The van der Waals surface area contributed by atoms with Gasteiger partial charge in [0.15, 0.2) is 0 Å². The van der Waals surface area contributed by atoms with Crippen molar-refractivity contribution in [1.29, 1.82) is 0 Å². The van der Waals surface area contributed by atoms with Crippen molar-refractivity contribution in [3.8, 4) is 0 Å². The minimum atomic E-state index is 0.832. The van der Waals surface area contributed by atoms with Crippen molar-refractivity contribution >= 4 is 24.3 Å². The van der Waals surface area contributed by atoms with E-state index < -0.39 is 0 Å². The molecule has 0 amide bonds. The van der Waals surface area contributed by atoms with Gasteiger partial charge in [0.05, 0.1) is 11.4 Å². The minimum Gasteiger partial charge on any atom is -0.262 e. The van der Waals surface area contributed by atoms with Gasteiger partial charge in [-0.15, -0.1) is 0 Å². The summed E-state index contributed by atoms with van der Waals surface area (Å²) in [4.78, 5) is 8.05. The molecule has 0 aliphatic rings. The Kier molecular flexibility index (Phi) is 2.75. The Bertz CT molecular complexity index is 314. The van der Waals surface area contributed by atoms with Crippen molar-refractivity contribution in [2.75, 3.05) is 0 Å². The van der Waals surface area contributed by atoms with E-state index in [0.717, 1.165) is 11.4 Å². The Balaban J connectivity index is 3.20. The van der Waals surface area contributed by atoms with E-state index in [9.17, 15) is 0 Å². The lowest BCUT2D eigenvalue weighted by Crippen LogP contribution is -1.72. The summed E-state index contributed by atoms with van der Waals surface area (Å²) >= 11 is 0. The zero-order valence-electron chi connectivity index (χ0n) is 7.41. The predicted molar refractivity (Wildman–Crippen MR) is 54.2 cm³/mol. The molecule has 1 aromatic rings. The number of hydrogen-bond acceptors (Lipinski definition) is 2. The molecule has 12 heavy (non-hydrogen) atoms. The lowest BCUT2D eigenvalue weighted by Gasteiger charge is -1.99. The first kappa shape index (κ1) is 8.65. The minimum absolute atomic E-state index is 0.832. The lowest BCUT2D eigenvalue weighted by molar-refractivity contribution is 1.40. The van der Waals surface area contributed by atoms with Crippen molar-refractivity contribution in [3.63, 3.8) is 0 Å². The number of rotatable bonds is 2. The van der Waals surface area contributed by atoms with Crippen LogP contribution in [0.25, 0.3) is 0 Å². The van der Waals surface area contributed by atoms with Crippen LogP contribution in [0.5, 0.6) is 0 Å². The maximum atomic E-state index is 4.18. The molecule has 1 rings (SSSR count). The Morgan fingerprint density at radius 3 is 2.67 bits per heavy atom. The summed E-state index contributed by atoms with van der Waals surface area (Å²) in [7, 11) is 0. The average molecular weight is 160 g/mol. The van der Waals surface area contributed by atoms with Gasteiger partial charge in [0.25, 0.3) is 0 Å². The Hall–Kier alpha value is -1.44. The third kappa shape index (κ3) is 1.78. The van der Waals surface area contributed by atoms with Crippen molar-refractivity contribution in [3.05, 3.63) is 23.8 Å². The third-order valence-corrected chi connectivity index (χ3v) is 1.57. The number of benzene rings is 1. The summed E-state index contributed by atoms with van der Waals surface area (Å²) in [6.07, 6.45) is 1.75. The van der Waals surface area contributed by atoms with Gasteiger partial charge in [-0.1, -0.05) is 6.07 Å². The molecule has 0 N–H and O–H groups in total. The van der Waals surface area contributed by atoms with Crippen LogP contribution in [0.2, 0.25) is 0 Å². The molecule has 1 aromatic carbocycles. The van der Waals surface area contributed by atoms with E-state index in [1.54, 1.807) is 6.21 Å². The van der Waals surface area contributed by atoms with E-state index >= 15 is 0 Å². The summed E-state index contributed by atoms with van der Waals surface area (Å²) in [5, 5.41) is 0. The zero-order chi connectivity index (χ0) is 8.97. The molecule has 0 bridgehead atoms. The molecule has 0 fully saturated rings. The second-order valence-corrected chi connectivity index (χ2v) is 2.54. The van der Waals surface area contributed by atoms with Crippen LogP contribution >= 0.6 is 0 Å². The third-order valence-electron chi connectivity index (χ3n) is 1.57. The molecule has 62 valence electrons. The fraction of sp³-hybridized carbons (Fsp3) is 0.200. The molecule has 0 aromatic heterocycles. The van der Waals surface area contributed by atoms with E-state index in [1.165, 1.54) is 5.56 Å². The highest BCUT2D eigenvalue weighted by atomic mass is 14.8. The quantitative estimate of drug-likeness (QED) is 0.594. The fourth-order valence-electron chi connectivity index (χ4n) is 1.01. The van der Waals surface area contributed by atoms with Crippen LogP contribution in [0.1, 0.15) is 12.5 Å². The van der Waals surface area contributed by atoms with Gasteiger partial charge in [-0.05, 0) is 38.3 Å². The van der Waals surface area contributed by atoms with Crippen LogP contribution in [-0.2, 0) is 0 Å². The standard InChI is InChI=1S/C10H12N2/c1-4-12-10-7-8(2)5-6-9(10)11-3/h4-7H,3H2,1-2H3. The molecule has 0 aliphatic carbocycles. The summed E-state index contributed by atoms with van der Waals surface area (Å²) in [6.45, 7) is 7.39. The molecule has 0 unspecified atom stereocenters. The van der Waals surface area contributed by atoms with Gasteiger partial charge in [0, 0.05) is 6.21 Å². The van der Waals surface area contributed by atoms with Crippen LogP contribution in [0.15, 0.2) is 28.2 Å². The smallest absolute Gasteiger partial charge is 0.0884 e. The zero-order valence-corrected chi connectivity index (χ0v) is 7.41. The molecule has 2 nitrogen and oxygen atoms in total. The normalized spacial score (nSPS) is 10.5. The van der Waals surface area contributed by atoms with Gasteiger partial charge in [-0.25, -0.2) is 0 Å². The van der Waals surface area contributed by atoms with Crippen LogP contribution in [0, 0.1) is 6.92 Å². The van der Waals surface area contributed by atoms with Crippen molar-refractivity contribution in [2.45, 2.75) is 13.8 Å². The molecule has 0 saturated heterocycles.